The summed E-state index contributed by atoms with van der Waals surface area (Å²) in [4.78, 5) is 13.3. The molecule has 0 heterocycles. The van der Waals surface area contributed by atoms with Gasteiger partial charge in [0.2, 0.25) is 0 Å². The van der Waals surface area contributed by atoms with Crippen molar-refractivity contribution in [1.29, 1.82) is 0 Å². The molecular formula is C28H21NO. The van der Waals surface area contributed by atoms with Crippen LogP contribution >= 0.6 is 0 Å². The Balaban J connectivity index is 1.58. The van der Waals surface area contributed by atoms with Crippen LogP contribution in [0.2, 0.25) is 0 Å². The molecule has 2 aliphatic rings. The molecule has 2 heteroatoms. The van der Waals surface area contributed by atoms with Crippen LogP contribution in [0.15, 0.2) is 103 Å². The summed E-state index contributed by atoms with van der Waals surface area (Å²) in [6.45, 7) is 0. The average Bonchev–Trinajstić information content (AvgIpc) is 3.28. The third-order valence-electron chi connectivity index (χ3n) is 6.57. The molecule has 0 radical (unpaired) electrons. The van der Waals surface area contributed by atoms with Crippen LogP contribution < -0.4 is 5.32 Å². The van der Waals surface area contributed by atoms with Gasteiger partial charge in [0, 0.05) is 5.56 Å². The molecule has 0 fully saturated rings. The summed E-state index contributed by atoms with van der Waals surface area (Å²) in [7, 11) is 0. The lowest BCUT2D eigenvalue weighted by Crippen LogP contribution is -2.50. The minimum atomic E-state index is -0.559. The molecule has 0 saturated carbocycles. The van der Waals surface area contributed by atoms with E-state index in [4.69, 9.17) is 0 Å². The smallest absolute Gasteiger partial charge is 0.180 e. The van der Waals surface area contributed by atoms with Gasteiger partial charge in [-0.1, -0.05) is 103 Å². The van der Waals surface area contributed by atoms with Gasteiger partial charge < -0.3 is 0 Å². The molecule has 2 nitrogen and oxygen atoms in total. The third-order valence-corrected chi connectivity index (χ3v) is 6.57. The quantitative estimate of drug-likeness (QED) is 0.513. The summed E-state index contributed by atoms with van der Waals surface area (Å²) in [6, 6.07) is 35.4. The summed E-state index contributed by atoms with van der Waals surface area (Å²) in [5.41, 5.74) is 7.45. The Morgan fingerprint density at radius 3 is 1.80 bits per heavy atom. The van der Waals surface area contributed by atoms with E-state index in [1.165, 1.54) is 22.3 Å². The first kappa shape index (κ1) is 17.4. The summed E-state index contributed by atoms with van der Waals surface area (Å²) in [6.07, 6.45) is 0.716. The molecule has 144 valence electrons. The fourth-order valence-electron chi connectivity index (χ4n) is 5.29. The fraction of sp³-hybridized carbons (Fsp3) is 0.107. The molecule has 1 atom stereocenters. The number of benzene rings is 4. The van der Waals surface area contributed by atoms with Crippen molar-refractivity contribution < 1.29 is 4.79 Å². The van der Waals surface area contributed by atoms with Crippen LogP contribution in [0.3, 0.4) is 0 Å². The number of Topliss-reactive ketones (excluding diaryl/α,β-unsaturated/α-hetero) is 1. The van der Waals surface area contributed by atoms with Crippen molar-refractivity contribution in [3.05, 3.63) is 131 Å². The molecule has 2 aliphatic carbocycles. The lowest BCUT2D eigenvalue weighted by molar-refractivity contribution is 0.0946. The summed E-state index contributed by atoms with van der Waals surface area (Å²) in [5, 5.41) is 3.87. The largest absolute Gasteiger partial charge is 0.292 e. The van der Waals surface area contributed by atoms with Crippen LogP contribution in [0.1, 0.15) is 32.6 Å². The third kappa shape index (κ3) is 2.31. The predicted octanol–water partition coefficient (Wildman–Crippen LogP) is 5.36. The van der Waals surface area contributed by atoms with E-state index in [9.17, 15) is 4.79 Å². The van der Waals surface area contributed by atoms with E-state index < -0.39 is 5.54 Å². The number of carbonyl (C=O) groups excluding carboxylic acids is 1. The van der Waals surface area contributed by atoms with E-state index in [1.807, 2.05) is 24.3 Å². The topological polar surface area (TPSA) is 29.1 Å². The van der Waals surface area contributed by atoms with Crippen molar-refractivity contribution in [2.75, 3.05) is 0 Å². The van der Waals surface area contributed by atoms with Crippen LogP contribution in [0.4, 0.5) is 0 Å². The first-order valence-corrected chi connectivity index (χ1v) is 10.4. The van der Waals surface area contributed by atoms with Gasteiger partial charge in [-0.05, 0) is 39.8 Å². The van der Waals surface area contributed by atoms with Gasteiger partial charge >= 0.3 is 0 Å². The number of rotatable bonds is 3. The van der Waals surface area contributed by atoms with Gasteiger partial charge in [-0.3, -0.25) is 10.1 Å². The maximum atomic E-state index is 13.3. The highest BCUT2D eigenvalue weighted by molar-refractivity contribution is 6.04. The van der Waals surface area contributed by atoms with Crippen molar-refractivity contribution in [2.24, 2.45) is 0 Å². The zero-order valence-corrected chi connectivity index (χ0v) is 16.5. The second kappa shape index (κ2) is 6.51. The molecule has 0 unspecified atom stereocenters. The van der Waals surface area contributed by atoms with Gasteiger partial charge in [-0.25, -0.2) is 0 Å². The Morgan fingerprint density at radius 2 is 1.17 bits per heavy atom. The van der Waals surface area contributed by atoms with E-state index in [0.717, 1.165) is 16.7 Å². The molecule has 0 saturated heterocycles. The second-order valence-corrected chi connectivity index (χ2v) is 8.13. The maximum absolute atomic E-state index is 13.3. The first-order chi connectivity index (χ1) is 14.8. The first-order valence-electron chi connectivity index (χ1n) is 10.4. The van der Waals surface area contributed by atoms with Crippen molar-refractivity contribution in [1.82, 2.24) is 5.32 Å². The fourth-order valence-corrected chi connectivity index (χ4v) is 5.29. The normalized spacial score (nSPS) is 18.0. The Labute approximate surface area is 176 Å². The summed E-state index contributed by atoms with van der Waals surface area (Å²) in [5.74, 6) is 0.183. The average molecular weight is 387 g/mol. The number of hydrogen-bond donors (Lipinski definition) is 1. The highest BCUT2D eigenvalue weighted by Crippen LogP contribution is 2.51. The van der Waals surface area contributed by atoms with Crippen molar-refractivity contribution >= 4 is 5.78 Å². The molecule has 4 aromatic rings. The molecule has 6 rings (SSSR count). The van der Waals surface area contributed by atoms with E-state index in [0.29, 0.717) is 6.42 Å². The Hall–Kier alpha value is -3.49. The lowest BCUT2D eigenvalue weighted by Gasteiger charge is -2.36. The Bertz CT molecular complexity index is 1230. The van der Waals surface area contributed by atoms with E-state index >= 15 is 0 Å². The summed E-state index contributed by atoms with van der Waals surface area (Å²) >= 11 is 0. The summed E-state index contributed by atoms with van der Waals surface area (Å²) < 4.78 is 0. The zero-order valence-electron chi connectivity index (χ0n) is 16.5. The number of carbonyl (C=O) groups is 1. The number of ketones is 1. The lowest BCUT2D eigenvalue weighted by atomic mass is 9.79. The Morgan fingerprint density at radius 1 is 0.633 bits per heavy atom. The van der Waals surface area contributed by atoms with Gasteiger partial charge in [0.25, 0.3) is 0 Å². The molecule has 30 heavy (non-hydrogen) atoms. The molecule has 4 aromatic carbocycles. The van der Waals surface area contributed by atoms with E-state index in [1.54, 1.807) is 0 Å². The second-order valence-electron chi connectivity index (χ2n) is 8.13. The van der Waals surface area contributed by atoms with Crippen LogP contribution in [-0.2, 0) is 12.0 Å². The van der Waals surface area contributed by atoms with Crippen LogP contribution in [0.25, 0.3) is 11.1 Å². The molecule has 1 N–H and O–H groups in total. The number of nitrogens with one attached hydrogen (secondary N) is 1. The highest BCUT2D eigenvalue weighted by Gasteiger charge is 2.47. The SMILES string of the molecule is O=C1c2ccccc2C[C@@H]1NC1(c2ccccc2)c2ccccc2-c2ccccc21. The highest BCUT2D eigenvalue weighted by atomic mass is 16.1. The molecule has 0 spiro atoms. The molecule has 0 aliphatic heterocycles. The number of hydrogen-bond acceptors (Lipinski definition) is 2. The van der Waals surface area contributed by atoms with Crippen LogP contribution in [-0.4, -0.2) is 11.8 Å². The minimum Gasteiger partial charge on any atom is -0.292 e. The van der Waals surface area contributed by atoms with Gasteiger partial charge in [0.15, 0.2) is 5.78 Å². The molecule has 0 aromatic heterocycles. The van der Waals surface area contributed by atoms with Crippen molar-refractivity contribution in [2.45, 2.75) is 18.0 Å². The zero-order chi connectivity index (χ0) is 20.1. The van der Waals surface area contributed by atoms with E-state index in [2.05, 4.69) is 84.2 Å². The van der Waals surface area contributed by atoms with Crippen molar-refractivity contribution in [3.63, 3.8) is 0 Å². The monoisotopic (exact) mass is 387 g/mol. The molecule has 0 amide bonds. The molecule has 0 bridgehead atoms. The minimum absolute atomic E-state index is 0.183. The van der Waals surface area contributed by atoms with E-state index in [-0.39, 0.29) is 11.8 Å². The van der Waals surface area contributed by atoms with Gasteiger partial charge in [-0.2, -0.15) is 0 Å². The van der Waals surface area contributed by atoms with Crippen molar-refractivity contribution in [3.8, 4) is 11.1 Å². The Kier molecular flexibility index (Phi) is 3.77. The molecular weight excluding hydrogens is 366 g/mol. The van der Waals surface area contributed by atoms with Crippen LogP contribution in [0.5, 0.6) is 0 Å². The van der Waals surface area contributed by atoms with Gasteiger partial charge in [-0.15, -0.1) is 0 Å². The van der Waals surface area contributed by atoms with Crippen LogP contribution in [0, 0.1) is 0 Å². The van der Waals surface area contributed by atoms with Gasteiger partial charge in [0.1, 0.15) is 0 Å². The predicted molar refractivity (Wildman–Crippen MR) is 120 cm³/mol. The van der Waals surface area contributed by atoms with Gasteiger partial charge in [0.05, 0.1) is 11.6 Å². The number of fused-ring (bicyclic) bond motifs is 4. The standard InChI is InChI=1S/C28H21NO/c30-27-21-13-5-4-10-19(21)18-26(27)29-28(20-11-2-1-3-12-20)24-16-8-6-14-22(24)23-15-7-9-17-25(23)28/h1-17,26,29H,18H2/t26-/m0/s1. The maximum Gasteiger partial charge on any atom is 0.180 e.